The maximum atomic E-state index is 4.12. The van der Waals surface area contributed by atoms with E-state index >= 15 is 0 Å². The van der Waals surface area contributed by atoms with Gasteiger partial charge < -0.3 is 0 Å². The quantitative estimate of drug-likeness (QED) is 0.604. The molecule has 0 amide bonds. The molecule has 0 radical (unpaired) electrons. The maximum absolute atomic E-state index is 4.12. The number of hydrogen-bond donors (Lipinski definition) is 0. The number of aryl methyl sites for hydroxylation is 1. The summed E-state index contributed by atoms with van der Waals surface area (Å²) in [5, 5.41) is 0. The van der Waals surface area contributed by atoms with Crippen LogP contribution in [0.25, 0.3) is 0 Å². The van der Waals surface area contributed by atoms with Crippen molar-refractivity contribution in [3.05, 3.63) is 23.8 Å². The van der Waals surface area contributed by atoms with E-state index in [2.05, 4.69) is 28.7 Å². The van der Waals surface area contributed by atoms with Crippen molar-refractivity contribution in [1.82, 2.24) is 9.97 Å². The first-order valence-electron chi connectivity index (χ1n) is 4.71. The minimum Gasteiger partial charge on any atom is -0.241 e. The lowest BCUT2D eigenvalue weighted by Gasteiger charge is -1.93. The molecule has 13 heavy (non-hydrogen) atoms. The number of nitrogens with zero attached hydrogens (tertiary/aromatic N) is 2. The van der Waals surface area contributed by atoms with E-state index in [1.54, 1.807) is 6.33 Å². The zero-order valence-corrected chi connectivity index (χ0v) is 7.75. The highest BCUT2D eigenvalue weighted by atomic mass is 14.8. The molecule has 2 rings (SSSR count). The van der Waals surface area contributed by atoms with Crippen molar-refractivity contribution < 1.29 is 0 Å². The van der Waals surface area contributed by atoms with Gasteiger partial charge in [-0.2, -0.15) is 0 Å². The number of rotatable bonds is 1. The van der Waals surface area contributed by atoms with Crippen LogP contribution in [0.4, 0.5) is 0 Å². The highest BCUT2D eigenvalue weighted by Gasteiger charge is 2.17. The maximum Gasteiger partial charge on any atom is 0.117 e. The summed E-state index contributed by atoms with van der Waals surface area (Å²) in [7, 11) is 0. The zero-order valence-electron chi connectivity index (χ0n) is 7.75. The molecule has 1 heterocycles. The predicted molar refractivity (Wildman–Crippen MR) is 51.0 cm³/mol. The Morgan fingerprint density at radius 1 is 1.46 bits per heavy atom. The largest absolute Gasteiger partial charge is 0.241 e. The topological polar surface area (TPSA) is 25.8 Å². The van der Waals surface area contributed by atoms with E-state index in [-0.39, 0.29) is 0 Å². The summed E-state index contributed by atoms with van der Waals surface area (Å²) in [6.07, 6.45) is 5.06. The van der Waals surface area contributed by atoms with Gasteiger partial charge in [-0.05, 0) is 31.2 Å². The molecule has 1 fully saturated rings. The lowest BCUT2D eigenvalue weighted by Crippen LogP contribution is -1.90. The Labute approximate surface area is 78.4 Å². The van der Waals surface area contributed by atoms with Crippen molar-refractivity contribution >= 4 is 0 Å². The fourth-order valence-electron chi connectivity index (χ4n) is 1.06. The molecule has 0 aliphatic heterocycles. The first-order valence-corrected chi connectivity index (χ1v) is 4.71. The summed E-state index contributed by atoms with van der Waals surface area (Å²) in [6.45, 7) is 2.08. The van der Waals surface area contributed by atoms with Crippen LogP contribution in [0, 0.1) is 17.8 Å². The van der Waals surface area contributed by atoms with Crippen molar-refractivity contribution in [2.75, 3.05) is 0 Å². The molecule has 66 valence electrons. The van der Waals surface area contributed by atoms with E-state index in [1.807, 2.05) is 6.07 Å². The van der Waals surface area contributed by atoms with Crippen molar-refractivity contribution in [1.29, 1.82) is 0 Å². The third-order valence-electron chi connectivity index (χ3n) is 2.07. The lowest BCUT2D eigenvalue weighted by atomic mass is 10.2. The van der Waals surface area contributed by atoms with Crippen molar-refractivity contribution in [3.8, 4) is 11.8 Å². The number of aromatic nitrogens is 2. The Balaban J connectivity index is 2.15. The molecular formula is C11H12N2. The molecular weight excluding hydrogens is 160 g/mol. The molecule has 2 heteroatoms. The van der Waals surface area contributed by atoms with Crippen LogP contribution in [-0.4, -0.2) is 9.97 Å². The fraction of sp³-hybridized carbons (Fsp3) is 0.455. The van der Waals surface area contributed by atoms with Crippen molar-refractivity contribution in [2.24, 2.45) is 5.92 Å². The Morgan fingerprint density at radius 2 is 2.31 bits per heavy atom. The molecule has 2 nitrogen and oxygen atoms in total. The summed E-state index contributed by atoms with van der Waals surface area (Å²) in [4.78, 5) is 8.22. The smallest absolute Gasteiger partial charge is 0.117 e. The molecule has 0 N–H and O–H groups in total. The van der Waals surface area contributed by atoms with E-state index in [0.717, 1.165) is 17.8 Å². The number of hydrogen-bond acceptors (Lipinski definition) is 2. The summed E-state index contributed by atoms with van der Waals surface area (Å²) >= 11 is 0. The second-order valence-electron chi connectivity index (χ2n) is 3.29. The minimum absolute atomic E-state index is 0.639. The van der Waals surface area contributed by atoms with Crippen LogP contribution in [0.2, 0.25) is 0 Å². The first kappa shape index (κ1) is 8.25. The van der Waals surface area contributed by atoms with Gasteiger partial charge in [-0.3, -0.25) is 0 Å². The van der Waals surface area contributed by atoms with Gasteiger partial charge in [0.25, 0.3) is 0 Å². The van der Waals surface area contributed by atoms with Crippen LogP contribution in [0.1, 0.15) is 31.2 Å². The van der Waals surface area contributed by atoms with Crippen LogP contribution in [0.15, 0.2) is 12.4 Å². The van der Waals surface area contributed by atoms with E-state index in [0.29, 0.717) is 5.92 Å². The standard InChI is InChI=1S/C11H12N2/c1-2-10-7-11(13-8-12-10)6-5-9-3-4-9/h7-9H,2-4H2,1H3. The van der Waals surface area contributed by atoms with E-state index < -0.39 is 0 Å². The van der Waals surface area contributed by atoms with Gasteiger partial charge in [-0.15, -0.1) is 0 Å². The monoisotopic (exact) mass is 172 g/mol. The SMILES string of the molecule is CCc1cc(C#CC2CC2)ncn1. The van der Waals surface area contributed by atoms with E-state index in [1.165, 1.54) is 12.8 Å². The molecule has 1 aromatic rings. The van der Waals surface area contributed by atoms with Crippen LogP contribution in [0.3, 0.4) is 0 Å². The van der Waals surface area contributed by atoms with Gasteiger partial charge in [0.05, 0.1) is 0 Å². The minimum atomic E-state index is 0.639. The van der Waals surface area contributed by atoms with Gasteiger partial charge >= 0.3 is 0 Å². The first-order chi connectivity index (χ1) is 6.38. The van der Waals surface area contributed by atoms with Gasteiger partial charge in [0.2, 0.25) is 0 Å². The fourth-order valence-corrected chi connectivity index (χ4v) is 1.06. The van der Waals surface area contributed by atoms with E-state index in [4.69, 9.17) is 0 Å². The van der Waals surface area contributed by atoms with Gasteiger partial charge in [0.1, 0.15) is 12.0 Å². The second kappa shape index (κ2) is 3.57. The molecule has 0 aromatic carbocycles. The normalized spacial score (nSPS) is 14.8. The van der Waals surface area contributed by atoms with Gasteiger partial charge in [0, 0.05) is 11.6 Å². The Kier molecular flexibility index (Phi) is 2.27. The molecule has 1 aliphatic carbocycles. The lowest BCUT2D eigenvalue weighted by molar-refractivity contribution is 0.990. The molecule has 0 bridgehead atoms. The highest BCUT2D eigenvalue weighted by molar-refractivity contribution is 5.29. The van der Waals surface area contributed by atoms with Gasteiger partial charge in [0.15, 0.2) is 0 Å². The summed E-state index contributed by atoms with van der Waals surface area (Å²) < 4.78 is 0. The molecule has 1 saturated carbocycles. The Morgan fingerprint density at radius 3 is 3.00 bits per heavy atom. The van der Waals surface area contributed by atoms with Crippen LogP contribution in [-0.2, 0) is 6.42 Å². The highest BCUT2D eigenvalue weighted by Crippen LogP contribution is 2.27. The summed E-state index contributed by atoms with van der Waals surface area (Å²) in [5.41, 5.74) is 1.92. The third-order valence-corrected chi connectivity index (χ3v) is 2.07. The van der Waals surface area contributed by atoms with Crippen LogP contribution < -0.4 is 0 Å². The van der Waals surface area contributed by atoms with Gasteiger partial charge in [-0.25, -0.2) is 9.97 Å². The molecule has 1 aliphatic rings. The molecule has 1 aromatic heterocycles. The average Bonchev–Trinajstić information content (AvgIpc) is 2.99. The molecule has 0 unspecified atom stereocenters. The molecule has 0 atom stereocenters. The molecule has 0 spiro atoms. The zero-order chi connectivity index (χ0) is 9.10. The van der Waals surface area contributed by atoms with Crippen LogP contribution >= 0.6 is 0 Å². The third kappa shape index (κ3) is 2.29. The summed E-state index contributed by atoms with van der Waals surface area (Å²) in [6, 6.07) is 1.97. The van der Waals surface area contributed by atoms with Crippen molar-refractivity contribution in [2.45, 2.75) is 26.2 Å². The summed E-state index contributed by atoms with van der Waals surface area (Å²) in [5.74, 6) is 6.90. The Bertz CT molecular complexity index is 356. The van der Waals surface area contributed by atoms with Crippen molar-refractivity contribution in [3.63, 3.8) is 0 Å². The second-order valence-corrected chi connectivity index (χ2v) is 3.29. The Hall–Kier alpha value is -1.36. The van der Waals surface area contributed by atoms with E-state index in [9.17, 15) is 0 Å². The van der Waals surface area contributed by atoms with Crippen LogP contribution in [0.5, 0.6) is 0 Å². The molecule has 0 saturated heterocycles. The van der Waals surface area contributed by atoms with Gasteiger partial charge in [-0.1, -0.05) is 12.8 Å². The predicted octanol–water partition coefficient (Wildman–Crippen LogP) is 1.80. The average molecular weight is 172 g/mol.